The van der Waals surface area contributed by atoms with Crippen LogP contribution >= 0.6 is 0 Å². The minimum atomic E-state index is 0.290. The van der Waals surface area contributed by atoms with Crippen molar-refractivity contribution in [3.63, 3.8) is 0 Å². The first kappa shape index (κ1) is 8.75. The van der Waals surface area contributed by atoms with Gasteiger partial charge in [0.25, 0.3) is 0 Å². The summed E-state index contributed by atoms with van der Waals surface area (Å²) in [6, 6.07) is 11.1. The molecule has 0 aliphatic carbocycles. The summed E-state index contributed by atoms with van der Waals surface area (Å²) < 4.78 is 0. The second kappa shape index (κ2) is 3.50. The highest BCUT2D eigenvalue weighted by Crippen LogP contribution is 2.27. The second-order valence-corrected chi connectivity index (χ2v) is 3.21. The van der Waals surface area contributed by atoms with E-state index in [1.54, 1.807) is 18.3 Å². The van der Waals surface area contributed by atoms with Crippen molar-refractivity contribution in [2.45, 2.75) is 6.92 Å². The standard InChI is InChI=1S/C12H11NO/c1-9-6-7-10(8-13-9)11-4-2-3-5-12(11)14/h2-8,14H,1H3. The van der Waals surface area contributed by atoms with Gasteiger partial charge in [-0.25, -0.2) is 0 Å². The van der Waals surface area contributed by atoms with Crippen LogP contribution in [0.2, 0.25) is 0 Å². The van der Waals surface area contributed by atoms with Gasteiger partial charge in [-0.05, 0) is 19.1 Å². The first-order chi connectivity index (χ1) is 6.77. The molecule has 0 saturated carbocycles. The van der Waals surface area contributed by atoms with Crippen LogP contribution in [0.25, 0.3) is 11.1 Å². The molecule has 0 bridgehead atoms. The zero-order chi connectivity index (χ0) is 9.97. The molecule has 0 spiro atoms. The summed E-state index contributed by atoms with van der Waals surface area (Å²) in [5.74, 6) is 0.290. The van der Waals surface area contributed by atoms with Crippen LogP contribution in [0, 0.1) is 6.92 Å². The number of hydrogen-bond donors (Lipinski definition) is 1. The van der Waals surface area contributed by atoms with Crippen LogP contribution in [0.5, 0.6) is 5.75 Å². The molecule has 1 N–H and O–H groups in total. The van der Waals surface area contributed by atoms with Gasteiger partial charge in [0.1, 0.15) is 5.75 Å². The molecule has 2 rings (SSSR count). The lowest BCUT2D eigenvalue weighted by Gasteiger charge is -2.03. The molecule has 1 aromatic heterocycles. The highest BCUT2D eigenvalue weighted by atomic mass is 16.3. The van der Waals surface area contributed by atoms with Crippen molar-refractivity contribution >= 4 is 0 Å². The number of aromatic hydroxyl groups is 1. The Bertz CT molecular complexity index is 434. The fraction of sp³-hybridized carbons (Fsp3) is 0.0833. The molecular formula is C12H11NO. The average Bonchev–Trinajstić information content (AvgIpc) is 2.20. The molecule has 0 fully saturated rings. The molecule has 0 atom stereocenters. The minimum absolute atomic E-state index is 0.290. The molecule has 2 heteroatoms. The van der Waals surface area contributed by atoms with Crippen LogP contribution < -0.4 is 0 Å². The Labute approximate surface area is 82.9 Å². The van der Waals surface area contributed by atoms with Crippen LogP contribution in [0.1, 0.15) is 5.69 Å². The quantitative estimate of drug-likeness (QED) is 0.741. The molecule has 70 valence electrons. The Morgan fingerprint density at radius 3 is 2.50 bits per heavy atom. The Morgan fingerprint density at radius 2 is 1.86 bits per heavy atom. The number of nitrogens with zero attached hydrogens (tertiary/aromatic N) is 1. The topological polar surface area (TPSA) is 33.1 Å². The zero-order valence-corrected chi connectivity index (χ0v) is 7.94. The molecule has 0 unspecified atom stereocenters. The lowest BCUT2D eigenvalue weighted by Crippen LogP contribution is -1.82. The fourth-order valence-corrected chi connectivity index (χ4v) is 1.34. The Hall–Kier alpha value is -1.83. The largest absolute Gasteiger partial charge is 0.507 e. The monoisotopic (exact) mass is 185 g/mol. The van der Waals surface area contributed by atoms with Gasteiger partial charge in [-0.2, -0.15) is 0 Å². The molecule has 2 nitrogen and oxygen atoms in total. The summed E-state index contributed by atoms with van der Waals surface area (Å²) in [5.41, 5.74) is 2.73. The van der Waals surface area contributed by atoms with Gasteiger partial charge in [-0.15, -0.1) is 0 Å². The maximum Gasteiger partial charge on any atom is 0.123 e. The number of aromatic nitrogens is 1. The predicted octanol–water partition coefficient (Wildman–Crippen LogP) is 2.76. The number of aryl methyl sites for hydroxylation is 1. The third kappa shape index (κ3) is 1.59. The number of hydrogen-bond acceptors (Lipinski definition) is 2. The average molecular weight is 185 g/mol. The van der Waals surface area contributed by atoms with Crippen LogP contribution in [0.15, 0.2) is 42.6 Å². The smallest absolute Gasteiger partial charge is 0.123 e. The molecule has 1 aromatic carbocycles. The van der Waals surface area contributed by atoms with Gasteiger partial charge in [0.15, 0.2) is 0 Å². The Morgan fingerprint density at radius 1 is 1.07 bits per heavy atom. The van der Waals surface area contributed by atoms with Gasteiger partial charge >= 0.3 is 0 Å². The molecule has 0 amide bonds. The van der Waals surface area contributed by atoms with E-state index in [1.165, 1.54) is 0 Å². The summed E-state index contributed by atoms with van der Waals surface area (Å²) >= 11 is 0. The molecule has 0 radical (unpaired) electrons. The van der Waals surface area contributed by atoms with E-state index in [0.717, 1.165) is 16.8 Å². The lowest BCUT2D eigenvalue weighted by molar-refractivity contribution is 0.477. The summed E-state index contributed by atoms with van der Waals surface area (Å²) in [5, 5.41) is 9.61. The number of phenolic OH excluding ortho intramolecular Hbond substituents is 1. The van der Waals surface area contributed by atoms with Gasteiger partial charge in [-0.3, -0.25) is 4.98 Å². The van der Waals surface area contributed by atoms with E-state index in [4.69, 9.17) is 0 Å². The molecule has 0 saturated heterocycles. The summed E-state index contributed by atoms with van der Waals surface area (Å²) in [4.78, 5) is 4.19. The van der Waals surface area contributed by atoms with E-state index in [9.17, 15) is 5.11 Å². The highest BCUT2D eigenvalue weighted by Gasteiger charge is 2.02. The number of para-hydroxylation sites is 1. The first-order valence-corrected chi connectivity index (χ1v) is 4.48. The van der Waals surface area contributed by atoms with Crippen molar-refractivity contribution in [3.05, 3.63) is 48.3 Å². The van der Waals surface area contributed by atoms with E-state index < -0.39 is 0 Å². The third-order valence-electron chi connectivity index (χ3n) is 2.13. The van der Waals surface area contributed by atoms with Crippen molar-refractivity contribution in [2.24, 2.45) is 0 Å². The predicted molar refractivity (Wildman–Crippen MR) is 56.1 cm³/mol. The van der Waals surface area contributed by atoms with Gasteiger partial charge in [0.05, 0.1) is 0 Å². The van der Waals surface area contributed by atoms with E-state index in [1.807, 2.05) is 31.2 Å². The summed E-state index contributed by atoms with van der Waals surface area (Å²) in [6.45, 7) is 1.94. The molecule has 14 heavy (non-hydrogen) atoms. The number of benzene rings is 1. The van der Waals surface area contributed by atoms with Gasteiger partial charge in [-0.1, -0.05) is 24.3 Å². The maximum atomic E-state index is 9.61. The van der Waals surface area contributed by atoms with Crippen LogP contribution in [0.4, 0.5) is 0 Å². The van der Waals surface area contributed by atoms with Crippen LogP contribution in [-0.4, -0.2) is 10.1 Å². The second-order valence-electron chi connectivity index (χ2n) is 3.21. The highest BCUT2D eigenvalue weighted by molar-refractivity contribution is 5.69. The minimum Gasteiger partial charge on any atom is -0.507 e. The first-order valence-electron chi connectivity index (χ1n) is 4.48. The van der Waals surface area contributed by atoms with Crippen molar-refractivity contribution in [1.29, 1.82) is 0 Å². The van der Waals surface area contributed by atoms with E-state index >= 15 is 0 Å². The Kier molecular flexibility index (Phi) is 2.19. The van der Waals surface area contributed by atoms with Crippen molar-refractivity contribution < 1.29 is 5.11 Å². The van der Waals surface area contributed by atoms with Crippen molar-refractivity contribution in [1.82, 2.24) is 4.98 Å². The van der Waals surface area contributed by atoms with Gasteiger partial charge in [0.2, 0.25) is 0 Å². The molecule has 2 aromatic rings. The maximum absolute atomic E-state index is 9.61. The fourth-order valence-electron chi connectivity index (χ4n) is 1.34. The zero-order valence-electron chi connectivity index (χ0n) is 7.94. The van der Waals surface area contributed by atoms with Crippen molar-refractivity contribution in [3.8, 4) is 16.9 Å². The number of pyridine rings is 1. The van der Waals surface area contributed by atoms with Crippen LogP contribution in [0.3, 0.4) is 0 Å². The number of rotatable bonds is 1. The van der Waals surface area contributed by atoms with Gasteiger partial charge in [0, 0.05) is 23.0 Å². The van der Waals surface area contributed by atoms with Crippen molar-refractivity contribution in [2.75, 3.05) is 0 Å². The normalized spacial score (nSPS) is 10.1. The number of phenols is 1. The summed E-state index contributed by atoms with van der Waals surface area (Å²) in [6.07, 6.45) is 1.77. The molecule has 0 aliphatic rings. The summed E-state index contributed by atoms with van der Waals surface area (Å²) in [7, 11) is 0. The molecule has 1 heterocycles. The molecular weight excluding hydrogens is 174 g/mol. The van der Waals surface area contributed by atoms with E-state index in [2.05, 4.69) is 4.98 Å². The Balaban J connectivity index is 2.50. The third-order valence-corrected chi connectivity index (χ3v) is 2.13. The van der Waals surface area contributed by atoms with E-state index in [0.29, 0.717) is 0 Å². The van der Waals surface area contributed by atoms with E-state index in [-0.39, 0.29) is 5.75 Å². The van der Waals surface area contributed by atoms with Gasteiger partial charge < -0.3 is 5.11 Å². The lowest BCUT2D eigenvalue weighted by atomic mass is 10.1. The SMILES string of the molecule is Cc1ccc(-c2ccccc2O)cn1. The van der Waals surface area contributed by atoms with Crippen LogP contribution in [-0.2, 0) is 0 Å². The molecule has 0 aliphatic heterocycles.